The van der Waals surface area contributed by atoms with Crippen LogP contribution in [-0.4, -0.2) is 15.1 Å². The predicted molar refractivity (Wildman–Crippen MR) is 37.1 cm³/mol. The average molecular weight is 166 g/mol. The number of rotatable bonds is 2. The van der Waals surface area contributed by atoms with Crippen LogP contribution in [0.5, 0.6) is 0 Å². The average Bonchev–Trinajstić information content (AvgIpc) is 2.77. The van der Waals surface area contributed by atoms with Crippen molar-refractivity contribution in [3.8, 4) is 0 Å². The first-order chi connectivity index (χ1) is 5.88. The van der Waals surface area contributed by atoms with Crippen molar-refractivity contribution in [1.29, 1.82) is 0 Å². The third-order valence-electron chi connectivity index (χ3n) is 1.44. The second-order valence-corrected chi connectivity index (χ2v) is 2.21. The van der Waals surface area contributed by atoms with Gasteiger partial charge in [0, 0.05) is 0 Å². The maximum Gasteiger partial charge on any atom is 0.181 e. The molecule has 0 aliphatic rings. The van der Waals surface area contributed by atoms with Gasteiger partial charge in [-0.1, -0.05) is 0 Å². The first-order valence-corrected chi connectivity index (χ1v) is 3.33. The van der Waals surface area contributed by atoms with Gasteiger partial charge in [-0.15, -0.1) is 0 Å². The lowest BCUT2D eigenvalue weighted by Crippen LogP contribution is -1.95. The Labute approximate surface area is 67.7 Å². The van der Waals surface area contributed by atoms with E-state index in [1.165, 1.54) is 25.2 Å². The molecular weight excluding hydrogens is 160 g/mol. The standard InChI is InChI=1S/C7H6N2O3/c10-7(5-1-8-3-11-5)6-2-9-4-12-6/h1-4,7,10H. The van der Waals surface area contributed by atoms with Crippen molar-refractivity contribution in [2.45, 2.75) is 6.10 Å². The summed E-state index contributed by atoms with van der Waals surface area (Å²) in [5, 5.41) is 9.50. The van der Waals surface area contributed by atoms with Gasteiger partial charge in [0.05, 0.1) is 12.4 Å². The number of aliphatic hydroxyl groups excluding tert-OH is 1. The van der Waals surface area contributed by atoms with E-state index in [9.17, 15) is 5.11 Å². The Kier molecular flexibility index (Phi) is 1.64. The van der Waals surface area contributed by atoms with Crippen LogP contribution in [0.25, 0.3) is 0 Å². The monoisotopic (exact) mass is 166 g/mol. The summed E-state index contributed by atoms with van der Waals surface area (Å²) in [6.45, 7) is 0. The van der Waals surface area contributed by atoms with Crippen molar-refractivity contribution in [2.75, 3.05) is 0 Å². The van der Waals surface area contributed by atoms with Gasteiger partial charge in [-0.25, -0.2) is 9.97 Å². The Bertz CT molecular complexity index is 293. The minimum atomic E-state index is -0.921. The molecule has 0 saturated carbocycles. The highest BCUT2D eigenvalue weighted by Crippen LogP contribution is 2.19. The zero-order valence-corrected chi connectivity index (χ0v) is 6.04. The molecule has 5 nitrogen and oxygen atoms in total. The molecule has 0 amide bonds. The van der Waals surface area contributed by atoms with Crippen molar-refractivity contribution in [3.63, 3.8) is 0 Å². The van der Waals surface area contributed by atoms with E-state index < -0.39 is 6.10 Å². The van der Waals surface area contributed by atoms with E-state index in [1.54, 1.807) is 0 Å². The molecule has 1 N–H and O–H groups in total. The minimum Gasteiger partial charge on any atom is -0.445 e. The van der Waals surface area contributed by atoms with Gasteiger partial charge in [0.1, 0.15) is 0 Å². The highest BCUT2D eigenvalue weighted by Gasteiger charge is 2.16. The molecule has 0 aliphatic carbocycles. The zero-order valence-electron chi connectivity index (χ0n) is 6.04. The van der Waals surface area contributed by atoms with E-state index >= 15 is 0 Å². The molecular formula is C7H6N2O3. The lowest BCUT2D eigenvalue weighted by Gasteiger charge is -2.00. The van der Waals surface area contributed by atoms with Crippen molar-refractivity contribution in [2.24, 2.45) is 0 Å². The molecule has 2 rings (SSSR count). The van der Waals surface area contributed by atoms with Crippen molar-refractivity contribution in [1.82, 2.24) is 9.97 Å². The molecule has 0 saturated heterocycles. The predicted octanol–water partition coefficient (Wildman–Crippen LogP) is 0.744. The number of hydrogen-bond donors (Lipinski definition) is 1. The van der Waals surface area contributed by atoms with Crippen LogP contribution in [0.1, 0.15) is 17.6 Å². The molecule has 0 spiro atoms. The molecule has 0 bridgehead atoms. The third kappa shape index (κ3) is 1.10. The largest absolute Gasteiger partial charge is 0.445 e. The first kappa shape index (κ1) is 7.05. The van der Waals surface area contributed by atoms with Gasteiger partial charge in [-0.2, -0.15) is 0 Å². The van der Waals surface area contributed by atoms with E-state index in [1.807, 2.05) is 0 Å². The fourth-order valence-corrected chi connectivity index (χ4v) is 0.862. The quantitative estimate of drug-likeness (QED) is 0.712. The molecule has 0 atom stereocenters. The topological polar surface area (TPSA) is 72.3 Å². The molecule has 5 heteroatoms. The van der Waals surface area contributed by atoms with Gasteiger partial charge in [0.2, 0.25) is 0 Å². The molecule has 0 unspecified atom stereocenters. The summed E-state index contributed by atoms with van der Waals surface area (Å²) >= 11 is 0. The zero-order chi connectivity index (χ0) is 8.39. The van der Waals surface area contributed by atoms with Crippen molar-refractivity contribution in [3.05, 3.63) is 36.7 Å². The Hall–Kier alpha value is -1.62. The molecule has 0 aromatic carbocycles. The number of aliphatic hydroxyl groups is 1. The summed E-state index contributed by atoms with van der Waals surface area (Å²) in [6, 6.07) is 0. The van der Waals surface area contributed by atoms with Gasteiger partial charge in [-0.3, -0.25) is 0 Å². The highest BCUT2D eigenvalue weighted by atomic mass is 16.4. The molecule has 62 valence electrons. The molecule has 2 heterocycles. The lowest BCUT2D eigenvalue weighted by molar-refractivity contribution is 0.162. The molecule has 12 heavy (non-hydrogen) atoms. The maximum absolute atomic E-state index is 9.50. The van der Waals surface area contributed by atoms with E-state index in [-0.39, 0.29) is 0 Å². The first-order valence-electron chi connectivity index (χ1n) is 3.33. The smallest absolute Gasteiger partial charge is 0.181 e. The minimum absolute atomic E-state index is 0.340. The SMILES string of the molecule is OC(c1cnco1)c1cnco1. The Balaban J connectivity index is 2.27. The van der Waals surface area contributed by atoms with E-state index in [0.29, 0.717) is 11.5 Å². The van der Waals surface area contributed by atoms with Gasteiger partial charge in [-0.05, 0) is 0 Å². The number of nitrogens with zero attached hydrogens (tertiary/aromatic N) is 2. The summed E-state index contributed by atoms with van der Waals surface area (Å²) < 4.78 is 9.74. The van der Waals surface area contributed by atoms with Gasteiger partial charge in [0.25, 0.3) is 0 Å². The van der Waals surface area contributed by atoms with Crippen molar-refractivity contribution >= 4 is 0 Å². The van der Waals surface area contributed by atoms with Crippen LogP contribution in [-0.2, 0) is 0 Å². The van der Waals surface area contributed by atoms with Gasteiger partial charge < -0.3 is 13.9 Å². The lowest BCUT2D eigenvalue weighted by atomic mass is 10.2. The van der Waals surface area contributed by atoms with E-state index in [2.05, 4.69) is 9.97 Å². The van der Waals surface area contributed by atoms with Crippen LogP contribution < -0.4 is 0 Å². The summed E-state index contributed by atoms with van der Waals surface area (Å²) in [5.74, 6) is 0.679. The molecule has 0 aliphatic heterocycles. The van der Waals surface area contributed by atoms with Crippen molar-refractivity contribution < 1.29 is 13.9 Å². The second kappa shape index (κ2) is 2.78. The van der Waals surface area contributed by atoms with E-state index in [4.69, 9.17) is 8.83 Å². The Morgan fingerprint density at radius 2 is 1.58 bits per heavy atom. The van der Waals surface area contributed by atoms with Crippen LogP contribution in [0.3, 0.4) is 0 Å². The number of oxazole rings is 2. The van der Waals surface area contributed by atoms with Crippen LogP contribution in [0.4, 0.5) is 0 Å². The molecule has 0 radical (unpaired) electrons. The Morgan fingerprint density at radius 3 is 1.92 bits per heavy atom. The normalized spacial score (nSPS) is 10.8. The summed E-state index contributed by atoms with van der Waals surface area (Å²) in [5.41, 5.74) is 0. The van der Waals surface area contributed by atoms with Crippen LogP contribution in [0, 0.1) is 0 Å². The number of hydrogen-bond acceptors (Lipinski definition) is 5. The summed E-state index contributed by atoms with van der Waals surface area (Å²) in [6.07, 6.45) is 4.42. The molecule has 2 aromatic rings. The molecule has 2 aromatic heterocycles. The van der Waals surface area contributed by atoms with Gasteiger partial charge in [0.15, 0.2) is 30.4 Å². The fraction of sp³-hybridized carbons (Fsp3) is 0.143. The summed E-state index contributed by atoms with van der Waals surface area (Å²) in [4.78, 5) is 7.33. The van der Waals surface area contributed by atoms with Crippen LogP contribution in [0.2, 0.25) is 0 Å². The Morgan fingerprint density at radius 1 is 1.08 bits per heavy atom. The van der Waals surface area contributed by atoms with Crippen LogP contribution in [0.15, 0.2) is 34.0 Å². The third-order valence-corrected chi connectivity index (χ3v) is 1.44. The fourth-order valence-electron chi connectivity index (χ4n) is 0.862. The second-order valence-electron chi connectivity index (χ2n) is 2.21. The molecule has 0 fully saturated rings. The van der Waals surface area contributed by atoms with E-state index in [0.717, 1.165) is 0 Å². The number of aromatic nitrogens is 2. The summed E-state index contributed by atoms with van der Waals surface area (Å²) in [7, 11) is 0. The van der Waals surface area contributed by atoms with Crippen LogP contribution >= 0.6 is 0 Å². The highest BCUT2D eigenvalue weighted by molar-refractivity contribution is 5.08. The van der Waals surface area contributed by atoms with Gasteiger partial charge >= 0.3 is 0 Å². The maximum atomic E-state index is 9.50.